The Morgan fingerprint density at radius 1 is 0.963 bits per heavy atom. The molecule has 0 saturated carbocycles. The molecule has 0 fully saturated rings. The number of anilines is 1. The second kappa shape index (κ2) is 7.11. The molecule has 0 saturated heterocycles. The van der Waals surface area contributed by atoms with Gasteiger partial charge in [0.15, 0.2) is 11.5 Å². The van der Waals surface area contributed by atoms with Gasteiger partial charge in [-0.1, -0.05) is 18.2 Å². The van der Waals surface area contributed by atoms with Gasteiger partial charge in [0, 0.05) is 36.0 Å². The number of cyclic esters (lactones) is 1. The maximum atomic E-state index is 12.3. The number of ether oxygens (including phenoxy) is 2. The smallest absolute Gasteiger partial charge is 0.367 e. The highest BCUT2D eigenvalue weighted by Gasteiger charge is 2.29. The Balaban J connectivity index is 1.68. The lowest BCUT2D eigenvalue weighted by molar-refractivity contribution is -0.130. The van der Waals surface area contributed by atoms with Gasteiger partial charge in [0.2, 0.25) is 5.90 Å². The normalized spacial score (nSPS) is 17.9. The quantitative estimate of drug-likeness (QED) is 0.607. The van der Waals surface area contributed by atoms with Crippen molar-refractivity contribution in [3.8, 4) is 5.75 Å². The van der Waals surface area contributed by atoms with E-state index in [0.717, 1.165) is 29.9 Å². The van der Waals surface area contributed by atoms with Crippen molar-refractivity contribution in [3.63, 3.8) is 0 Å². The number of allylic oxidation sites excluding steroid dienone is 1. The second-order valence-corrected chi connectivity index (χ2v) is 6.22. The first-order valence-electron chi connectivity index (χ1n) is 9.05. The van der Waals surface area contributed by atoms with Crippen LogP contribution in [0.25, 0.3) is 6.08 Å². The predicted molar refractivity (Wildman–Crippen MR) is 106 cm³/mol. The summed E-state index contributed by atoms with van der Waals surface area (Å²) in [5, 5.41) is 0. The first kappa shape index (κ1) is 17.1. The molecule has 4 rings (SSSR count). The van der Waals surface area contributed by atoms with Crippen LogP contribution in [0.3, 0.4) is 0 Å². The predicted octanol–water partition coefficient (Wildman–Crippen LogP) is 4.15. The summed E-state index contributed by atoms with van der Waals surface area (Å²) in [7, 11) is 0. The Bertz CT molecular complexity index is 970. The van der Waals surface area contributed by atoms with E-state index in [1.165, 1.54) is 0 Å². The molecular formula is C22H20N2O3. The molecule has 0 spiro atoms. The molecule has 5 heteroatoms. The van der Waals surface area contributed by atoms with Gasteiger partial charge in [-0.25, -0.2) is 9.79 Å². The van der Waals surface area contributed by atoms with Gasteiger partial charge in [0.25, 0.3) is 0 Å². The molecule has 0 aromatic heterocycles. The third kappa shape index (κ3) is 3.24. The number of carbonyl (C=O) groups is 1. The molecule has 0 aliphatic carbocycles. The monoisotopic (exact) mass is 360 g/mol. The third-order valence-corrected chi connectivity index (χ3v) is 4.61. The summed E-state index contributed by atoms with van der Waals surface area (Å²) in [6.45, 7) is 6.06. The second-order valence-electron chi connectivity index (χ2n) is 6.22. The first-order chi connectivity index (χ1) is 13.2. The Labute approximate surface area is 158 Å². The standard InChI is InChI=1S/C22H20N2O3/c1-3-24(4-2)17-12-10-15-11-13-18(26-19(15)14-17)20-22(25)27-21(23-20)16-8-6-5-7-9-16/h5-14H,3-4H2,1-2H3/b20-18-. The van der Waals surface area contributed by atoms with Crippen LogP contribution in [0.15, 0.2) is 71.1 Å². The van der Waals surface area contributed by atoms with Crippen molar-refractivity contribution < 1.29 is 14.3 Å². The fraction of sp³-hybridized carbons (Fsp3) is 0.182. The van der Waals surface area contributed by atoms with E-state index in [0.29, 0.717) is 17.4 Å². The molecule has 27 heavy (non-hydrogen) atoms. The number of hydrogen-bond donors (Lipinski definition) is 0. The van der Waals surface area contributed by atoms with Gasteiger partial charge in [-0.15, -0.1) is 0 Å². The van der Waals surface area contributed by atoms with E-state index in [1.54, 1.807) is 6.08 Å². The van der Waals surface area contributed by atoms with Crippen molar-refractivity contribution in [2.45, 2.75) is 13.8 Å². The molecule has 136 valence electrons. The van der Waals surface area contributed by atoms with Crippen LogP contribution in [-0.4, -0.2) is 25.0 Å². The average molecular weight is 360 g/mol. The van der Waals surface area contributed by atoms with E-state index in [-0.39, 0.29) is 5.70 Å². The van der Waals surface area contributed by atoms with Gasteiger partial charge < -0.3 is 14.4 Å². The molecule has 5 nitrogen and oxygen atoms in total. The Hall–Kier alpha value is -3.34. The zero-order valence-electron chi connectivity index (χ0n) is 15.3. The summed E-state index contributed by atoms with van der Waals surface area (Å²) >= 11 is 0. The molecule has 2 aliphatic heterocycles. The van der Waals surface area contributed by atoms with Crippen LogP contribution in [0.1, 0.15) is 25.0 Å². The molecule has 0 unspecified atom stereocenters. The average Bonchev–Trinajstić information content (AvgIpc) is 3.11. The SMILES string of the molecule is CCN(CC)c1ccc2c(c1)O/C(=C1\N=C(c3ccccc3)OC1=O)C=C2. The topological polar surface area (TPSA) is 51.1 Å². The highest BCUT2D eigenvalue weighted by Crippen LogP contribution is 2.34. The fourth-order valence-corrected chi connectivity index (χ4v) is 3.15. The van der Waals surface area contributed by atoms with Crippen LogP contribution < -0.4 is 9.64 Å². The van der Waals surface area contributed by atoms with Crippen LogP contribution in [0.4, 0.5) is 5.69 Å². The number of benzene rings is 2. The summed E-state index contributed by atoms with van der Waals surface area (Å²) in [6.07, 6.45) is 3.68. The minimum absolute atomic E-state index is 0.184. The number of nitrogens with zero attached hydrogens (tertiary/aromatic N) is 2. The van der Waals surface area contributed by atoms with E-state index in [4.69, 9.17) is 9.47 Å². The number of carbonyl (C=O) groups excluding carboxylic acids is 1. The van der Waals surface area contributed by atoms with E-state index >= 15 is 0 Å². The summed E-state index contributed by atoms with van der Waals surface area (Å²) in [5.41, 5.74) is 2.99. The van der Waals surface area contributed by atoms with Crippen LogP contribution in [0.5, 0.6) is 5.75 Å². The number of hydrogen-bond acceptors (Lipinski definition) is 5. The van der Waals surface area contributed by atoms with Gasteiger partial charge in [0.05, 0.1) is 0 Å². The molecule has 0 bridgehead atoms. The molecule has 2 aliphatic rings. The maximum Gasteiger partial charge on any atom is 0.367 e. The van der Waals surface area contributed by atoms with Crippen LogP contribution in [-0.2, 0) is 9.53 Å². The molecule has 0 atom stereocenters. The van der Waals surface area contributed by atoms with E-state index in [1.807, 2.05) is 48.5 Å². The van der Waals surface area contributed by atoms with Crippen molar-refractivity contribution in [1.82, 2.24) is 0 Å². The third-order valence-electron chi connectivity index (χ3n) is 4.61. The van der Waals surface area contributed by atoms with Crippen molar-refractivity contribution >= 4 is 23.6 Å². The van der Waals surface area contributed by atoms with Gasteiger partial charge in [-0.3, -0.25) is 0 Å². The fourth-order valence-electron chi connectivity index (χ4n) is 3.15. The van der Waals surface area contributed by atoms with Gasteiger partial charge in [-0.2, -0.15) is 0 Å². The zero-order chi connectivity index (χ0) is 18.8. The van der Waals surface area contributed by atoms with Crippen LogP contribution in [0.2, 0.25) is 0 Å². The summed E-state index contributed by atoms with van der Waals surface area (Å²) in [4.78, 5) is 18.9. The molecular weight excluding hydrogens is 340 g/mol. The largest absolute Gasteiger partial charge is 0.454 e. The lowest BCUT2D eigenvalue weighted by atomic mass is 10.1. The number of aliphatic imine (C=N–C) groups is 1. The summed E-state index contributed by atoms with van der Waals surface area (Å²) in [6, 6.07) is 15.4. The highest BCUT2D eigenvalue weighted by molar-refractivity contribution is 6.11. The highest BCUT2D eigenvalue weighted by atomic mass is 16.6. The van der Waals surface area contributed by atoms with E-state index < -0.39 is 5.97 Å². The molecule has 0 radical (unpaired) electrons. The summed E-state index contributed by atoms with van der Waals surface area (Å²) in [5.74, 6) is 0.898. The lowest BCUT2D eigenvalue weighted by Gasteiger charge is -2.23. The molecule has 2 aromatic carbocycles. The Kier molecular flexibility index (Phi) is 4.50. The van der Waals surface area contributed by atoms with Crippen LogP contribution in [0, 0.1) is 0 Å². The lowest BCUT2D eigenvalue weighted by Crippen LogP contribution is -2.21. The Morgan fingerprint density at radius 3 is 2.48 bits per heavy atom. The van der Waals surface area contributed by atoms with E-state index in [9.17, 15) is 4.79 Å². The van der Waals surface area contributed by atoms with Gasteiger partial charge in [0.1, 0.15) is 5.75 Å². The van der Waals surface area contributed by atoms with Crippen molar-refractivity contribution in [2.24, 2.45) is 4.99 Å². The number of rotatable bonds is 4. The minimum atomic E-state index is -0.503. The number of esters is 1. The van der Waals surface area contributed by atoms with E-state index in [2.05, 4.69) is 29.8 Å². The van der Waals surface area contributed by atoms with Crippen molar-refractivity contribution in [1.29, 1.82) is 0 Å². The van der Waals surface area contributed by atoms with Crippen molar-refractivity contribution in [2.75, 3.05) is 18.0 Å². The maximum absolute atomic E-state index is 12.3. The summed E-state index contributed by atoms with van der Waals surface area (Å²) < 4.78 is 11.3. The molecule has 0 amide bonds. The van der Waals surface area contributed by atoms with Gasteiger partial charge >= 0.3 is 5.97 Å². The molecule has 2 aromatic rings. The number of fused-ring (bicyclic) bond motifs is 1. The van der Waals surface area contributed by atoms with Crippen molar-refractivity contribution in [3.05, 3.63) is 77.2 Å². The minimum Gasteiger partial charge on any atom is -0.454 e. The molecule has 2 heterocycles. The van der Waals surface area contributed by atoms with Gasteiger partial charge in [-0.05, 0) is 50.3 Å². The first-order valence-corrected chi connectivity index (χ1v) is 9.05. The Morgan fingerprint density at radius 2 is 1.74 bits per heavy atom. The zero-order valence-corrected chi connectivity index (χ0v) is 15.3. The molecule has 0 N–H and O–H groups in total. The van der Waals surface area contributed by atoms with Crippen LogP contribution >= 0.6 is 0 Å².